The third-order valence-electron chi connectivity index (χ3n) is 5.84. The Hall–Kier alpha value is -1.09. The minimum atomic E-state index is 0.628. The van der Waals surface area contributed by atoms with Crippen molar-refractivity contribution in [2.45, 2.75) is 70.4 Å². The Balaban J connectivity index is 1.71. The van der Waals surface area contributed by atoms with E-state index in [-0.39, 0.29) is 0 Å². The molecule has 4 rings (SSSR count). The van der Waals surface area contributed by atoms with Gasteiger partial charge in [0, 0.05) is 30.4 Å². The van der Waals surface area contributed by atoms with E-state index in [0.29, 0.717) is 6.54 Å². The molecule has 0 unspecified atom stereocenters. The van der Waals surface area contributed by atoms with Gasteiger partial charge < -0.3 is 10.6 Å². The lowest BCUT2D eigenvalue weighted by atomic mass is 9.78. The summed E-state index contributed by atoms with van der Waals surface area (Å²) in [7, 11) is 0. The first-order chi connectivity index (χ1) is 10.4. The fraction of sp³-hybridized carbons (Fsp3) is 0.722. The quantitative estimate of drug-likeness (QED) is 0.907. The number of hydrogen-bond donors (Lipinski definition) is 1. The molecule has 0 bridgehead atoms. The van der Waals surface area contributed by atoms with E-state index in [1.807, 2.05) is 0 Å². The zero-order valence-corrected chi connectivity index (χ0v) is 13.0. The molecule has 1 saturated heterocycles. The summed E-state index contributed by atoms with van der Waals surface area (Å²) in [5.74, 6) is 2.13. The summed E-state index contributed by atoms with van der Waals surface area (Å²) in [4.78, 5) is 7.72. The molecule has 1 aromatic rings. The van der Waals surface area contributed by atoms with Crippen LogP contribution in [0.15, 0.2) is 6.07 Å². The fourth-order valence-electron chi connectivity index (χ4n) is 4.80. The molecule has 2 fully saturated rings. The molecule has 114 valence electrons. The highest BCUT2D eigenvalue weighted by Gasteiger charge is 2.35. The SMILES string of the molecule is NCc1cc2c(nc1N1CCC[C@H]3CCCC[C@H]31)CCC2. The minimum absolute atomic E-state index is 0.628. The topological polar surface area (TPSA) is 42.1 Å². The monoisotopic (exact) mass is 285 g/mol. The van der Waals surface area contributed by atoms with E-state index in [1.54, 1.807) is 0 Å². The van der Waals surface area contributed by atoms with Crippen molar-refractivity contribution in [1.82, 2.24) is 4.98 Å². The molecule has 1 aromatic heterocycles. The van der Waals surface area contributed by atoms with Crippen molar-refractivity contribution in [2.24, 2.45) is 11.7 Å². The van der Waals surface area contributed by atoms with Crippen LogP contribution in [0, 0.1) is 5.92 Å². The molecule has 0 amide bonds. The van der Waals surface area contributed by atoms with Crippen molar-refractivity contribution < 1.29 is 0 Å². The molecule has 21 heavy (non-hydrogen) atoms. The van der Waals surface area contributed by atoms with Crippen LogP contribution in [0.3, 0.4) is 0 Å². The van der Waals surface area contributed by atoms with Crippen LogP contribution in [0.5, 0.6) is 0 Å². The third kappa shape index (κ3) is 2.36. The predicted molar refractivity (Wildman–Crippen MR) is 86.5 cm³/mol. The smallest absolute Gasteiger partial charge is 0.133 e. The molecule has 0 radical (unpaired) electrons. The lowest BCUT2D eigenvalue weighted by molar-refractivity contribution is 0.242. The molecule has 3 heteroatoms. The van der Waals surface area contributed by atoms with E-state index in [4.69, 9.17) is 10.7 Å². The average molecular weight is 285 g/mol. The van der Waals surface area contributed by atoms with Gasteiger partial charge in [-0.05, 0) is 62.5 Å². The van der Waals surface area contributed by atoms with Crippen molar-refractivity contribution in [3.05, 3.63) is 22.9 Å². The van der Waals surface area contributed by atoms with Crippen LogP contribution < -0.4 is 10.6 Å². The Bertz CT molecular complexity index is 523. The standard InChI is InChI=1S/C18H27N3/c19-12-15-11-14-6-3-8-16(14)20-18(15)21-10-4-7-13-5-1-2-9-17(13)21/h11,13,17H,1-10,12,19H2/t13-,17-/m1/s1. The fourth-order valence-corrected chi connectivity index (χ4v) is 4.80. The largest absolute Gasteiger partial charge is 0.353 e. The number of fused-ring (bicyclic) bond motifs is 2. The lowest BCUT2D eigenvalue weighted by Crippen LogP contribution is -2.47. The van der Waals surface area contributed by atoms with Crippen molar-refractivity contribution in [3.8, 4) is 0 Å². The second-order valence-electron chi connectivity index (χ2n) is 7.08. The van der Waals surface area contributed by atoms with E-state index >= 15 is 0 Å². The Kier molecular flexibility index (Phi) is 3.62. The van der Waals surface area contributed by atoms with Crippen LogP contribution in [-0.2, 0) is 19.4 Å². The number of nitrogens with two attached hydrogens (primary N) is 1. The van der Waals surface area contributed by atoms with Gasteiger partial charge in [0.15, 0.2) is 0 Å². The van der Waals surface area contributed by atoms with E-state index in [9.17, 15) is 0 Å². The number of nitrogens with zero attached hydrogens (tertiary/aromatic N) is 2. The zero-order chi connectivity index (χ0) is 14.2. The van der Waals surface area contributed by atoms with Gasteiger partial charge in [0.2, 0.25) is 0 Å². The summed E-state index contributed by atoms with van der Waals surface area (Å²) in [5, 5.41) is 0. The van der Waals surface area contributed by atoms with Gasteiger partial charge in [-0.1, -0.05) is 12.8 Å². The van der Waals surface area contributed by atoms with Crippen LogP contribution in [-0.4, -0.2) is 17.6 Å². The Labute approximate surface area is 127 Å². The van der Waals surface area contributed by atoms with Crippen LogP contribution in [0.4, 0.5) is 5.82 Å². The number of anilines is 1. The molecule has 3 nitrogen and oxygen atoms in total. The maximum Gasteiger partial charge on any atom is 0.133 e. The van der Waals surface area contributed by atoms with E-state index in [0.717, 1.165) is 18.4 Å². The molecule has 0 spiro atoms. The predicted octanol–water partition coefficient (Wildman–Crippen LogP) is 3.19. The van der Waals surface area contributed by atoms with E-state index < -0.39 is 0 Å². The zero-order valence-electron chi connectivity index (χ0n) is 13.0. The van der Waals surface area contributed by atoms with Gasteiger partial charge in [-0.3, -0.25) is 0 Å². The van der Waals surface area contributed by atoms with Crippen LogP contribution >= 0.6 is 0 Å². The maximum atomic E-state index is 6.05. The number of aryl methyl sites for hydroxylation is 2. The van der Waals surface area contributed by atoms with E-state index in [1.165, 1.54) is 80.6 Å². The third-order valence-corrected chi connectivity index (χ3v) is 5.84. The Morgan fingerprint density at radius 3 is 2.86 bits per heavy atom. The molecule has 3 aliphatic rings. The van der Waals surface area contributed by atoms with Gasteiger partial charge in [-0.25, -0.2) is 4.98 Å². The van der Waals surface area contributed by atoms with Gasteiger partial charge in [0.05, 0.1) is 0 Å². The molecule has 0 aromatic carbocycles. The first-order valence-corrected chi connectivity index (χ1v) is 8.85. The molecular weight excluding hydrogens is 258 g/mol. The normalized spacial score (nSPS) is 28.3. The van der Waals surface area contributed by atoms with Gasteiger partial charge in [-0.15, -0.1) is 0 Å². The number of hydrogen-bond acceptors (Lipinski definition) is 3. The summed E-state index contributed by atoms with van der Waals surface area (Å²) in [5.41, 5.74) is 10.1. The first-order valence-electron chi connectivity index (χ1n) is 8.85. The van der Waals surface area contributed by atoms with Crippen molar-refractivity contribution >= 4 is 5.82 Å². The summed E-state index contributed by atoms with van der Waals surface area (Å²) in [6.07, 6.45) is 12.0. The molecule has 1 aliphatic heterocycles. The van der Waals surface area contributed by atoms with Crippen molar-refractivity contribution in [2.75, 3.05) is 11.4 Å². The van der Waals surface area contributed by atoms with Crippen molar-refractivity contribution in [1.29, 1.82) is 0 Å². The highest BCUT2D eigenvalue weighted by atomic mass is 15.2. The van der Waals surface area contributed by atoms with Crippen molar-refractivity contribution in [3.63, 3.8) is 0 Å². The summed E-state index contributed by atoms with van der Waals surface area (Å²) in [6.45, 7) is 1.81. The van der Waals surface area contributed by atoms with Gasteiger partial charge in [-0.2, -0.15) is 0 Å². The molecule has 2 heterocycles. The highest BCUT2D eigenvalue weighted by molar-refractivity contribution is 5.52. The number of aromatic nitrogens is 1. The van der Waals surface area contributed by atoms with Gasteiger partial charge in [0.1, 0.15) is 5.82 Å². The lowest BCUT2D eigenvalue weighted by Gasteiger charge is -2.45. The second kappa shape index (κ2) is 5.60. The maximum absolute atomic E-state index is 6.05. The summed E-state index contributed by atoms with van der Waals surface area (Å²) < 4.78 is 0. The minimum Gasteiger partial charge on any atom is -0.353 e. The van der Waals surface area contributed by atoms with Crippen LogP contribution in [0.25, 0.3) is 0 Å². The second-order valence-corrected chi connectivity index (χ2v) is 7.08. The van der Waals surface area contributed by atoms with Crippen LogP contribution in [0.2, 0.25) is 0 Å². The number of piperidine rings is 1. The highest BCUT2D eigenvalue weighted by Crippen LogP contribution is 2.39. The van der Waals surface area contributed by atoms with Gasteiger partial charge >= 0.3 is 0 Å². The molecule has 1 saturated carbocycles. The average Bonchev–Trinajstić information content (AvgIpc) is 3.00. The van der Waals surface area contributed by atoms with Crippen LogP contribution in [0.1, 0.15) is 61.8 Å². The van der Waals surface area contributed by atoms with Gasteiger partial charge in [0.25, 0.3) is 0 Å². The molecule has 2 aliphatic carbocycles. The summed E-state index contributed by atoms with van der Waals surface area (Å²) >= 11 is 0. The molecular formula is C18H27N3. The Morgan fingerprint density at radius 1 is 1.10 bits per heavy atom. The molecule has 2 atom stereocenters. The first kappa shape index (κ1) is 13.6. The summed E-state index contributed by atoms with van der Waals surface area (Å²) in [6, 6.07) is 3.08. The van der Waals surface area contributed by atoms with E-state index in [2.05, 4.69) is 11.0 Å². The number of pyridine rings is 1. The molecule has 2 N–H and O–H groups in total. The number of rotatable bonds is 2. The Morgan fingerprint density at radius 2 is 1.95 bits per heavy atom.